The highest BCUT2D eigenvalue weighted by Crippen LogP contribution is 2.42. The third-order valence-electron chi connectivity index (χ3n) is 8.58. The minimum absolute atomic E-state index is 0.0532. The molecular weight excluding hydrogens is 590 g/mol. The summed E-state index contributed by atoms with van der Waals surface area (Å²) in [4.78, 5) is 28.9. The second kappa shape index (κ2) is 13.5. The highest BCUT2D eigenvalue weighted by atomic mass is 19.3. The summed E-state index contributed by atoms with van der Waals surface area (Å²) in [5, 5.41) is 23.2. The Bertz CT molecular complexity index is 1670. The zero-order valence-corrected chi connectivity index (χ0v) is 25.5. The quantitative estimate of drug-likeness (QED) is 0.203. The maximum atomic E-state index is 13.7. The van der Waals surface area contributed by atoms with Crippen LogP contribution >= 0.6 is 0 Å². The lowest BCUT2D eigenvalue weighted by atomic mass is 9.81. The van der Waals surface area contributed by atoms with Gasteiger partial charge in [-0.2, -0.15) is 15.3 Å². The second-order valence-corrected chi connectivity index (χ2v) is 12.1. The Morgan fingerprint density at radius 3 is 2.48 bits per heavy atom. The molecule has 3 N–H and O–H groups in total. The van der Waals surface area contributed by atoms with Gasteiger partial charge in [0.05, 0.1) is 12.4 Å². The first-order chi connectivity index (χ1) is 22.3. The Kier molecular flexibility index (Phi) is 9.05. The van der Waals surface area contributed by atoms with E-state index in [2.05, 4.69) is 37.1 Å². The molecule has 1 aromatic carbocycles. The molecule has 2 aliphatic carbocycles. The lowest BCUT2D eigenvalue weighted by molar-refractivity contribution is -0.106. The number of benzene rings is 1. The predicted octanol–water partition coefficient (Wildman–Crippen LogP) is 5.74. The van der Waals surface area contributed by atoms with Crippen molar-refractivity contribution in [3.8, 4) is 17.2 Å². The van der Waals surface area contributed by atoms with Gasteiger partial charge in [-0.05, 0) is 49.3 Å². The first-order valence-electron chi connectivity index (χ1n) is 15.5. The summed E-state index contributed by atoms with van der Waals surface area (Å²) >= 11 is 0. The van der Waals surface area contributed by atoms with Crippen LogP contribution in [-0.4, -0.2) is 55.3 Å². The average molecular weight is 627 g/mol. The fourth-order valence-electron chi connectivity index (χ4n) is 6.08. The summed E-state index contributed by atoms with van der Waals surface area (Å²) in [5.41, 5.74) is 3.13. The summed E-state index contributed by atoms with van der Waals surface area (Å²) in [6, 6.07) is 15.4. The number of urea groups is 1. The Labute approximate surface area is 266 Å². The van der Waals surface area contributed by atoms with Gasteiger partial charge in [-0.25, -0.2) is 23.5 Å². The van der Waals surface area contributed by atoms with Crippen molar-refractivity contribution in [3.05, 3.63) is 78.4 Å². The molecule has 2 fully saturated rings. The molecule has 0 radical (unpaired) electrons. The van der Waals surface area contributed by atoms with Gasteiger partial charge in [0.1, 0.15) is 23.3 Å². The lowest BCUT2D eigenvalue weighted by Crippen LogP contribution is -2.49. The van der Waals surface area contributed by atoms with Gasteiger partial charge in [0, 0.05) is 68.6 Å². The maximum absolute atomic E-state index is 13.7. The molecular formula is C33H36F2N10O. The zero-order valence-electron chi connectivity index (χ0n) is 25.5. The number of nitrogens with one attached hydrogen (secondary N) is 3. The normalized spacial score (nSPS) is 19.0. The first kappa shape index (κ1) is 30.9. The van der Waals surface area contributed by atoms with Crippen LogP contribution in [-0.2, 0) is 13.6 Å². The number of carbonyl (C=O) groups is 1. The van der Waals surface area contributed by atoms with Crippen molar-refractivity contribution in [3.63, 3.8) is 0 Å². The van der Waals surface area contributed by atoms with Crippen molar-refractivity contribution in [2.24, 2.45) is 13.0 Å². The molecule has 0 saturated heterocycles. The van der Waals surface area contributed by atoms with E-state index in [0.717, 1.165) is 42.4 Å². The van der Waals surface area contributed by atoms with Gasteiger partial charge in [0.2, 0.25) is 11.9 Å². The molecule has 46 heavy (non-hydrogen) atoms. The van der Waals surface area contributed by atoms with Crippen molar-refractivity contribution < 1.29 is 13.6 Å². The number of carbonyl (C=O) groups excluding carboxylic acids is 1. The Morgan fingerprint density at radius 2 is 1.83 bits per heavy atom. The van der Waals surface area contributed by atoms with Gasteiger partial charge < -0.3 is 16.0 Å². The summed E-state index contributed by atoms with van der Waals surface area (Å²) in [7, 11) is 1.86. The number of aryl methyl sites for hydroxylation is 1. The first-order valence-corrected chi connectivity index (χ1v) is 15.5. The molecule has 0 aliphatic heterocycles. The number of pyridine rings is 1. The minimum Gasteiger partial charge on any atom is -0.369 e. The molecule has 0 spiro atoms. The summed E-state index contributed by atoms with van der Waals surface area (Å²) < 4.78 is 28.2. The molecule has 238 valence electrons. The number of nitriles is 1. The molecule has 4 aromatic rings. The summed E-state index contributed by atoms with van der Waals surface area (Å²) in [5.74, 6) is -1.47. The van der Waals surface area contributed by atoms with E-state index in [9.17, 15) is 18.8 Å². The fraction of sp³-hybridized carbons (Fsp3) is 0.394. The standard InChI is InChI=1S/C33H36F2N10O/c1-44-21-26(20-41-44)24-7-12-29(37-18-24)45(32(46)40-16-22-5-3-2-4-6-22)28-10-8-27(9-11-28)42-31-39-19-25(15-36)30(43-31)38-17-23-13-33(34,35)14-23/h2-7,12,18-21,23,27-28H,8-11,13-14,16-17H2,1H3,(H,40,46)(H2,38,39,42,43). The van der Waals surface area contributed by atoms with Gasteiger partial charge in [0.15, 0.2) is 0 Å². The van der Waals surface area contributed by atoms with E-state index in [-0.39, 0.29) is 42.4 Å². The van der Waals surface area contributed by atoms with Crippen LogP contribution in [0.15, 0.2) is 67.3 Å². The van der Waals surface area contributed by atoms with Crippen LogP contribution < -0.4 is 20.9 Å². The molecule has 3 heterocycles. The summed E-state index contributed by atoms with van der Waals surface area (Å²) in [6.45, 7) is 0.724. The van der Waals surface area contributed by atoms with E-state index in [1.165, 1.54) is 6.20 Å². The Morgan fingerprint density at radius 1 is 1.04 bits per heavy atom. The van der Waals surface area contributed by atoms with Crippen molar-refractivity contribution >= 4 is 23.6 Å². The molecule has 0 unspecified atom stereocenters. The van der Waals surface area contributed by atoms with E-state index in [1.54, 1.807) is 22.0 Å². The van der Waals surface area contributed by atoms with Crippen LogP contribution in [0.4, 0.5) is 31.2 Å². The molecule has 13 heteroatoms. The number of amides is 2. The van der Waals surface area contributed by atoms with Gasteiger partial charge in [-0.15, -0.1) is 0 Å². The van der Waals surface area contributed by atoms with E-state index in [0.29, 0.717) is 30.7 Å². The number of anilines is 3. The van der Waals surface area contributed by atoms with E-state index in [1.807, 2.05) is 55.7 Å². The topological polar surface area (TPSA) is 137 Å². The molecule has 2 aliphatic rings. The van der Waals surface area contributed by atoms with Gasteiger partial charge in [-0.1, -0.05) is 30.3 Å². The van der Waals surface area contributed by atoms with E-state index < -0.39 is 5.92 Å². The molecule has 0 bridgehead atoms. The number of halogens is 2. The minimum atomic E-state index is -2.60. The Hall–Kier alpha value is -5.12. The largest absolute Gasteiger partial charge is 0.369 e. The van der Waals surface area contributed by atoms with Crippen LogP contribution in [0, 0.1) is 17.2 Å². The third-order valence-corrected chi connectivity index (χ3v) is 8.58. The second-order valence-electron chi connectivity index (χ2n) is 12.1. The average Bonchev–Trinajstić information content (AvgIpc) is 3.49. The molecule has 2 saturated carbocycles. The molecule has 2 amide bonds. The highest BCUT2D eigenvalue weighted by molar-refractivity contribution is 5.91. The van der Waals surface area contributed by atoms with Crippen LogP contribution in [0.5, 0.6) is 0 Å². The van der Waals surface area contributed by atoms with Crippen LogP contribution in [0.2, 0.25) is 0 Å². The number of rotatable bonds is 10. The number of hydrogen-bond acceptors (Lipinski definition) is 8. The third kappa shape index (κ3) is 7.39. The van der Waals surface area contributed by atoms with Crippen molar-refractivity contribution in [1.29, 1.82) is 5.26 Å². The molecule has 11 nitrogen and oxygen atoms in total. The van der Waals surface area contributed by atoms with Crippen molar-refractivity contribution in [2.75, 3.05) is 22.1 Å². The maximum Gasteiger partial charge on any atom is 0.323 e. The van der Waals surface area contributed by atoms with E-state index >= 15 is 0 Å². The van der Waals surface area contributed by atoms with E-state index in [4.69, 9.17) is 4.98 Å². The zero-order chi connectivity index (χ0) is 32.1. The molecule has 0 atom stereocenters. The van der Waals surface area contributed by atoms with Gasteiger partial charge >= 0.3 is 6.03 Å². The van der Waals surface area contributed by atoms with Crippen molar-refractivity contribution in [1.82, 2.24) is 30.0 Å². The smallest absolute Gasteiger partial charge is 0.323 e. The van der Waals surface area contributed by atoms with Crippen molar-refractivity contribution in [2.45, 2.75) is 63.1 Å². The molecule has 6 rings (SSSR count). The Balaban J connectivity index is 1.11. The molecule has 3 aromatic heterocycles. The SMILES string of the molecule is Cn1cc(-c2ccc(N(C(=O)NCc3ccccc3)C3CCC(Nc4ncc(C#N)c(NCC5CC(F)(F)C5)n4)CC3)nc2)cn1. The number of nitrogens with zero attached hydrogens (tertiary/aromatic N) is 7. The number of hydrogen-bond donors (Lipinski definition) is 3. The fourth-order valence-corrected chi connectivity index (χ4v) is 6.08. The predicted molar refractivity (Wildman–Crippen MR) is 170 cm³/mol. The van der Waals surface area contributed by atoms with Crippen LogP contribution in [0.25, 0.3) is 11.1 Å². The number of aromatic nitrogens is 5. The van der Waals surface area contributed by atoms with Gasteiger partial charge in [-0.3, -0.25) is 9.58 Å². The van der Waals surface area contributed by atoms with Crippen LogP contribution in [0.3, 0.4) is 0 Å². The van der Waals surface area contributed by atoms with Crippen LogP contribution in [0.1, 0.15) is 49.7 Å². The number of alkyl halides is 2. The van der Waals surface area contributed by atoms with Gasteiger partial charge in [0.25, 0.3) is 0 Å². The summed E-state index contributed by atoms with van der Waals surface area (Å²) in [6.07, 6.45) is 9.54. The highest BCUT2D eigenvalue weighted by Gasteiger charge is 2.45. The lowest BCUT2D eigenvalue weighted by Gasteiger charge is -2.36. The monoisotopic (exact) mass is 626 g/mol.